The number of para-hydroxylation sites is 1. The Morgan fingerprint density at radius 3 is 2.68 bits per heavy atom. The number of hydrogen-bond acceptors (Lipinski definition) is 5. The predicted octanol–water partition coefficient (Wildman–Crippen LogP) is 3.73. The van der Waals surface area contributed by atoms with Crippen LogP contribution in [-0.2, 0) is 4.79 Å². The molecular weight excluding hydrogens is 336 g/mol. The van der Waals surface area contributed by atoms with Gasteiger partial charge in [-0.3, -0.25) is 19.4 Å². The summed E-state index contributed by atoms with van der Waals surface area (Å²) in [5.74, 6) is 0.448. The maximum absolute atomic E-state index is 12.7. The van der Waals surface area contributed by atoms with Crippen molar-refractivity contribution in [3.63, 3.8) is 0 Å². The van der Waals surface area contributed by atoms with Crippen LogP contribution in [0.3, 0.4) is 0 Å². The molecule has 132 valence electrons. The summed E-state index contributed by atoms with van der Waals surface area (Å²) < 4.78 is 5.62. The van der Waals surface area contributed by atoms with Gasteiger partial charge in [-0.05, 0) is 49.8 Å². The standard InChI is InChI=1S/C19H22N2O3S/c1-2-12-24-16-9-5-4-8-15(16)13-17-18(22)21(19(23)25-17)14-20-10-6-3-7-11-20/h2,4-5,8-9,13H,1,3,6-7,10-12,14H2/b17-13-. The third kappa shape index (κ3) is 4.32. The summed E-state index contributed by atoms with van der Waals surface area (Å²) in [6, 6.07) is 7.47. The van der Waals surface area contributed by atoms with Gasteiger partial charge in [0, 0.05) is 5.56 Å². The summed E-state index contributed by atoms with van der Waals surface area (Å²) in [6.45, 7) is 6.30. The van der Waals surface area contributed by atoms with Crippen LogP contribution in [0.15, 0.2) is 41.8 Å². The van der Waals surface area contributed by atoms with E-state index >= 15 is 0 Å². The normalized spacial score (nSPS) is 20.3. The maximum atomic E-state index is 12.7. The van der Waals surface area contributed by atoms with Gasteiger partial charge in [-0.2, -0.15) is 0 Å². The summed E-state index contributed by atoms with van der Waals surface area (Å²) >= 11 is 0.994. The molecule has 0 aromatic heterocycles. The van der Waals surface area contributed by atoms with Gasteiger partial charge in [0.1, 0.15) is 12.4 Å². The van der Waals surface area contributed by atoms with E-state index in [-0.39, 0.29) is 11.1 Å². The lowest BCUT2D eigenvalue weighted by molar-refractivity contribution is -0.124. The van der Waals surface area contributed by atoms with Gasteiger partial charge >= 0.3 is 0 Å². The number of carbonyl (C=O) groups is 2. The molecule has 2 fully saturated rings. The Morgan fingerprint density at radius 1 is 1.16 bits per heavy atom. The fourth-order valence-corrected chi connectivity index (χ4v) is 3.77. The summed E-state index contributed by atoms with van der Waals surface area (Å²) in [6.07, 6.45) is 6.88. The van der Waals surface area contributed by atoms with Crippen molar-refractivity contribution in [2.24, 2.45) is 0 Å². The highest BCUT2D eigenvalue weighted by Gasteiger charge is 2.36. The van der Waals surface area contributed by atoms with Crippen molar-refractivity contribution in [3.8, 4) is 5.75 Å². The number of ether oxygens (including phenoxy) is 1. The summed E-state index contributed by atoms with van der Waals surface area (Å²) in [4.78, 5) is 28.9. The van der Waals surface area contributed by atoms with E-state index in [9.17, 15) is 9.59 Å². The van der Waals surface area contributed by atoms with E-state index in [1.54, 1.807) is 12.2 Å². The number of imide groups is 1. The van der Waals surface area contributed by atoms with Crippen LogP contribution in [0.4, 0.5) is 4.79 Å². The Morgan fingerprint density at radius 2 is 1.92 bits per heavy atom. The van der Waals surface area contributed by atoms with Gasteiger partial charge in [-0.15, -0.1) is 0 Å². The van der Waals surface area contributed by atoms with E-state index in [1.165, 1.54) is 11.3 Å². The largest absolute Gasteiger partial charge is 0.489 e. The molecule has 25 heavy (non-hydrogen) atoms. The van der Waals surface area contributed by atoms with Crippen LogP contribution < -0.4 is 4.74 Å². The lowest BCUT2D eigenvalue weighted by atomic mass is 10.1. The molecule has 1 aromatic carbocycles. The minimum absolute atomic E-state index is 0.202. The molecule has 6 heteroatoms. The average molecular weight is 358 g/mol. The van der Waals surface area contributed by atoms with Crippen LogP contribution in [0.25, 0.3) is 6.08 Å². The van der Waals surface area contributed by atoms with Gasteiger partial charge in [-0.25, -0.2) is 0 Å². The Labute approximate surface area is 152 Å². The zero-order chi connectivity index (χ0) is 17.6. The van der Waals surface area contributed by atoms with Crippen LogP contribution in [0.2, 0.25) is 0 Å². The van der Waals surface area contributed by atoms with Crippen molar-refractivity contribution in [1.29, 1.82) is 0 Å². The first-order valence-corrected chi connectivity index (χ1v) is 9.31. The van der Waals surface area contributed by atoms with Crippen molar-refractivity contribution in [2.45, 2.75) is 19.3 Å². The molecule has 2 saturated heterocycles. The molecule has 0 aliphatic carbocycles. The highest BCUT2D eigenvalue weighted by atomic mass is 32.2. The maximum Gasteiger partial charge on any atom is 0.294 e. The molecule has 0 atom stereocenters. The zero-order valence-electron chi connectivity index (χ0n) is 14.1. The first kappa shape index (κ1) is 17.8. The second kappa shape index (κ2) is 8.36. The molecule has 1 aromatic rings. The third-order valence-corrected chi connectivity index (χ3v) is 5.13. The summed E-state index contributed by atoms with van der Waals surface area (Å²) in [7, 11) is 0. The van der Waals surface area contributed by atoms with Gasteiger partial charge in [0.2, 0.25) is 0 Å². The number of nitrogens with zero attached hydrogens (tertiary/aromatic N) is 2. The summed E-state index contributed by atoms with van der Waals surface area (Å²) in [5, 5.41) is -0.202. The van der Waals surface area contributed by atoms with E-state index in [4.69, 9.17) is 4.74 Å². The number of likely N-dealkylation sites (tertiary alicyclic amines) is 1. The minimum atomic E-state index is -0.223. The Balaban J connectivity index is 1.75. The molecule has 2 heterocycles. The van der Waals surface area contributed by atoms with E-state index < -0.39 is 0 Å². The third-order valence-electron chi connectivity index (χ3n) is 4.23. The van der Waals surface area contributed by atoms with Crippen LogP contribution in [0.5, 0.6) is 5.75 Å². The first-order chi connectivity index (χ1) is 12.2. The number of carbonyl (C=O) groups excluding carboxylic acids is 2. The lowest BCUT2D eigenvalue weighted by Crippen LogP contribution is -2.42. The van der Waals surface area contributed by atoms with Gasteiger partial charge in [0.25, 0.3) is 11.1 Å². The number of piperidine rings is 1. The molecule has 0 bridgehead atoms. The number of benzene rings is 1. The number of amides is 2. The molecule has 2 amide bonds. The highest BCUT2D eigenvalue weighted by Crippen LogP contribution is 2.34. The predicted molar refractivity (Wildman–Crippen MR) is 100 cm³/mol. The van der Waals surface area contributed by atoms with Crippen molar-refractivity contribution in [2.75, 3.05) is 26.4 Å². The lowest BCUT2D eigenvalue weighted by Gasteiger charge is -2.29. The fourth-order valence-electron chi connectivity index (χ4n) is 2.94. The van der Waals surface area contributed by atoms with Crippen LogP contribution in [0.1, 0.15) is 24.8 Å². The molecule has 3 rings (SSSR count). The Bertz CT molecular complexity index is 696. The molecule has 0 N–H and O–H groups in total. The van der Waals surface area contributed by atoms with Gasteiger partial charge in [0.05, 0.1) is 11.6 Å². The average Bonchev–Trinajstić information content (AvgIpc) is 2.89. The molecule has 2 aliphatic heterocycles. The van der Waals surface area contributed by atoms with Gasteiger partial charge < -0.3 is 4.74 Å². The van der Waals surface area contributed by atoms with Crippen molar-refractivity contribution >= 4 is 29.0 Å². The van der Waals surface area contributed by atoms with Crippen molar-refractivity contribution in [1.82, 2.24) is 9.80 Å². The van der Waals surface area contributed by atoms with Crippen LogP contribution in [-0.4, -0.2) is 47.3 Å². The zero-order valence-corrected chi connectivity index (χ0v) is 15.0. The Kier molecular flexibility index (Phi) is 5.94. The molecular formula is C19H22N2O3S. The van der Waals surface area contributed by atoms with E-state index in [0.717, 1.165) is 43.3 Å². The molecule has 0 unspecified atom stereocenters. The summed E-state index contributed by atoms with van der Waals surface area (Å²) in [5.41, 5.74) is 0.785. The minimum Gasteiger partial charge on any atom is -0.489 e. The smallest absolute Gasteiger partial charge is 0.294 e. The molecule has 0 saturated carbocycles. The molecule has 5 nitrogen and oxygen atoms in total. The second-order valence-electron chi connectivity index (χ2n) is 6.07. The number of hydrogen-bond donors (Lipinski definition) is 0. The van der Waals surface area contributed by atoms with E-state index in [0.29, 0.717) is 23.9 Å². The van der Waals surface area contributed by atoms with Crippen LogP contribution >= 0.6 is 11.8 Å². The highest BCUT2D eigenvalue weighted by molar-refractivity contribution is 8.18. The van der Waals surface area contributed by atoms with Crippen molar-refractivity contribution < 1.29 is 14.3 Å². The quantitative estimate of drug-likeness (QED) is 0.573. The molecule has 0 radical (unpaired) electrons. The van der Waals surface area contributed by atoms with E-state index in [1.807, 2.05) is 24.3 Å². The van der Waals surface area contributed by atoms with Gasteiger partial charge in [0.15, 0.2) is 0 Å². The first-order valence-electron chi connectivity index (χ1n) is 8.49. The van der Waals surface area contributed by atoms with Gasteiger partial charge in [-0.1, -0.05) is 37.3 Å². The second-order valence-corrected chi connectivity index (χ2v) is 7.06. The van der Waals surface area contributed by atoms with Crippen LogP contribution in [0, 0.1) is 0 Å². The monoisotopic (exact) mass is 358 g/mol. The number of thioether (sulfide) groups is 1. The molecule has 2 aliphatic rings. The van der Waals surface area contributed by atoms with E-state index in [2.05, 4.69) is 11.5 Å². The molecule has 0 spiro atoms. The Hall–Kier alpha value is -2.05. The fraction of sp³-hybridized carbons (Fsp3) is 0.368. The van der Waals surface area contributed by atoms with Crippen molar-refractivity contribution in [3.05, 3.63) is 47.4 Å². The number of rotatable bonds is 6. The SMILES string of the molecule is C=CCOc1ccccc1/C=C1\SC(=O)N(CN2CCCCC2)C1=O. The topological polar surface area (TPSA) is 49.9 Å².